The Morgan fingerprint density at radius 3 is 2.83 bits per heavy atom. The molecule has 186 valence electrons. The molecule has 4 N–H and O–H groups in total. The van der Waals surface area contributed by atoms with Crippen LogP contribution in [-0.4, -0.2) is 78.2 Å². The number of carbonyl (C=O) groups excluding carboxylic acids is 2. The van der Waals surface area contributed by atoms with Gasteiger partial charge >= 0.3 is 12.6 Å². The lowest BCUT2D eigenvalue weighted by molar-refractivity contribution is -0.150. The molecule has 0 aromatic carbocycles. The summed E-state index contributed by atoms with van der Waals surface area (Å²) in [5.41, 5.74) is 5.21. The summed E-state index contributed by atoms with van der Waals surface area (Å²) in [6, 6.07) is -1.10. The number of amides is 2. The smallest absolute Gasteiger partial charge is 0.407 e. The number of alkyl halides is 2. The third-order valence-corrected chi connectivity index (χ3v) is 8.69. The molecule has 0 bridgehead atoms. The van der Waals surface area contributed by atoms with Gasteiger partial charge in [-0.05, 0) is 12.5 Å². The fourth-order valence-electron chi connectivity index (χ4n) is 3.18. The number of hydrogen-bond acceptors (Lipinski definition) is 13. The largest absolute Gasteiger partial charge is 0.477 e. The number of fused-ring (bicyclic) bond motifs is 1. The van der Waals surface area contributed by atoms with E-state index in [4.69, 9.17) is 5.73 Å². The summed E-state index contributed by atoms with van der Waals surface area (Å²) >= 11 is 4.91. The Morgan fingerprint density at radius 2 is 2.23 bits per heavy atom. The lowest BCUT2D eigenvalue weighted by Crippen LogP contribution is -2.71. The van der Waals surface area contributed by atoms with Crippen molar-refractivity contribution < 1.29 is 33.1 Å². The summed E-state index contributed by atoms with van der Waals surface area (Å²) in [4.78, 5) is 46.4. The molecule has 1 saturated heterocycles. The minimum atomic E-state index is -3.29. The summed E-state index contributed by atoms with van der Waals surface area (Å²) in [5, 5.41) is 24.7. The Morgan fingerprint density at radius 1 is 1.46 bits per heavy atom. The van der Waals surface area contributed by atoms with Crippen LogP contribution in [0.3, 0.4) is 0 Å². The monoisotopic (exact) mass is 563 g/mol. The highest BCUT2D eigenvalue weighted by Gasteiger charge is 2.54. The van der Waals surface area contributed by atoms with Gasteiger partial charge in [0.1, 0.15) is 27.8 Å². The van der Waals surface area contributed by atoms with Crippen LogP contribution in [0.2, 0.25) is 0 Å². The van der Waals surface area contributed by atoms with E-state index in [9.17, 15) is 28.3 Å². The molecule has 0 spiro atoms. The fourth-order valence-corrected chi connectivity index (χ4v) is 7.03. The van der Waals surface area contributed by atoms with Crippen LogP contribution in [0.1, 0.15) is 10.7 Å². The van der Waals surface area contributed by atoms with Gasteiger partial charge in [-0.3, -0.25) is 14.5 Å². The SMILES string of the molecule is Cc1nnc(SCC2=C(C(=O)O)N3C(=O)C(NC(=O)C(=NOC(F)F)c4csc(N)n4)[C@H]3SC2)s1. The Labute approximate surface area is 212 Å². The van der Waals surface area contributed by atoms with Gasteiger partial charge in [0.05, 0.1) is 0 Å². The molecule has 2 aromatic heterocycles. The first-order valence-electron chi connectivity index (χ1n) is 9.52. The predicted octanol–water partition coefficient (Wildman–Crippen LogP) is 1.36. The van der Waals surface area contributed by atoms with E-state index < -0.39 is 41.5 Å². The molecule has 2 aliphatic rings. The number of β-lactam (4-membered cyclic amide) rings is 1. The van der Waals surface area contributed by atoms with Gasteiger partial charge in [-0.25, -0.2) is 9.78 Å². The molecule has 0 aliphatic carbocycles. The number of carboxylic acid groups (broad SMARTS) is 1. The average Bonchev–Trinajstić information content (AvgIpc) is 3.42. The lowest BCUT2D eigenvalue weighted by atomic mass is 10.0. The number of nitrogens with one attached hydrogen (secondary N) is 1. The van der Waals surface area contributed by atoms with Crippen LogP contribution in [0.25, 0.3) is 0 Å². The Kier molecular flexibility index (Phi) is 7.53. The van der Waals surface area contributed by atoms with Gasteiger partial charge in [0.2, 0.25) is 0 Å². The van der Waals surface area contributed by atoms with E-state index >= 15 is 0 Å². The van der Waals surface area contributed by atoms with Crippen LogP contribution in [0.5, 0.6) is 0 Å². The van der Waals surface area contributed by atoms with E-state index in [0.29, 0.717) is 21.4 Å². The zero-order chi connectivity index (χ0) is 25.3. The molecular formula is C17H15F2N7O5S4. The molecule has 35 heavy (non-hydrogen) atoms. The first-order chi connectivity index (χ1) is 16.7. The summed E-state index contributed by atoms with van der Waals surface area (Å²) in [6.07, 6.45) is 0. The predicted molar refractivity (Wildman–Crippen MR) is 125 cm³/mol. The number of thioether (sulfide) groups is 2. The van der Waals surface area contributed by atoms with Crippen LogP contribution in [0, 0.1) is 6.92 Å². The summed E-state index contributed by atoms with van der Waals surface area (Å²) < 4.78 is 25.7. The number of halogens is 2. The molecule has 4 rings (SSSR count). The zero-order valence-electron chi connectivity index (χ0n) is 17.5. The van der Waals surface area contributed by atoms with Crippen molar-refractivity contribution in [2.45, 2.75) is 29.3 Å². The fraction of sp³-hybridized carbons (Fsp3) is 0.353. The van der Waals surface area contributed by atoms with Crippen molar-refractivity contribution in [3.05, 3.63) is 27.4 Å². The van der Waals surface area contributed by atoms with E-state index in [1.165, 1.54) is 40.2 Å². The Bertz CT molecular complexity index is 1230. The summed E-state index contributed by atoms with van der Waals surface area (Å²) in [7, 11) is 0. The molecule has 0 radical (unpaired) electrons. The van der Waals surface area contributed by atoms with E-state index in [-0.39, 0.29) is 16.5 Å². The molecule has 2 aromatic rings. The highest BCUT2D eigenvalue weighted by Crippen LogP contribution is 2.41. The maximum absolute atomic E-state index is 12.8. The number of aryl methyl sites for hydroxylation is 1. The number of oxime groups is 1. The number of anilines is 1. The molecule has 1 unspecified atom stereocenters. The number of aliphatic carboxylic acids is 1. The number of thiazole rings is 1. The molecular weight excluding hydrogens is 548 g/mol. The molecule has 1 fully saturated rings. The molecule has 0 saturated carbocycles. The van der Waals surface area contributed by atoms with Crippen molar-refractivity contribution in [3.63, 3.8) is 0 Å². The topological polar surface area (TPSA) is 173 Å². The second-order valence-electron chi connectivity index (χ2n) is 6.87. The highest BCUT2D eigenvalue weighted by atomic mass is 32.2. The first-order valence-corrected chi connectivity index (χ1v) is 13.3. The third-order valence-electron chi connectivity index (χ3n) is 4.62. The van der Waals surface area contributed by atoms with Crippen molar-refractivity contribution in [3.8, 4) is 0 Å². The number of rotatable bonds is 9. The number of carbonyl (C=O) groups is 3. The number of nitrogen functional groups attached to an aromatic ring is 1. The molecule has 2 amide bonds. The van der Waals surface area contributed by atoms with Crippen molar-refractivity contribution in [1.82, 2.24) is 25.4 Å². The molecule has 2 atom stereocenters. The summed E-state index contributed by atoms with van der Waals surface area (Å²) in [6.45, 7) is -1.48. The number of aromatic nitrogens is 3. The van der Waals surface area contributed by atoms with Crippen molar-refractivity contribution >= 4 is 74.8 Å². The van der Waals surface area contributed by atoms with Crippen LogP contribution in [0.4, 0.5) is 13.9 Å². The molecule has 18 heteroatoms. The molecule has 12 nitrogen and oxygen atoms in total. The maximum atomic E-state index is 12.8. The Hall–Kier alpha value is -2.83. The standard InChI is InChI=1S/C17H15F2N7O5S4/c1-5-23-24-17(35-5)34-3-6-2-32-13-9(12(28)26(13)10(6)14(29)30)22-11(27)8(25-31-15(18)19)7-4-33-16(20)21-7/h4,9,13,15H,2-3H2,1H3,(H2,20,21)(H,22,27)(H,29,30)/t9?,13-/m1/s1. The number of hydrogen-bond donors (Lipinski definition) is 3. The second-order valence-corrected chi connectivity index (χ2v) is 11.3. The van der Waals surface area contributed by atoms with Gasteiger partial charge < -0.3 is 21.0 Å². The van der Waals surface area contributed by atoms with Crippen molar-refractivity contribution in [1.29, 1.82) is 0 Å². The molecule has 2 aliphatic heterocycles. The van der Waals surface area contributed by atoms with Gasteiger partial charge in [-0.1, -0.05) is 28.3 Å². The van der Waals surface area contributed by atoms with E-state index in [1.54, 1.807) is 6.92 Å². The van der Waals surface area contributed by atoms with Gasteiger partial charge in [-0.15, -0.1) is 33.3 Å². The van der Waals surface area contributed by atoms with Crippen LogP contribution >= 0.6 is 46.2 Å². The average molecular weight is 564 g/mol. The zero-order valence-corrected chi connectivity index (χ0v) is 20.8. The quantitative estimate of drug-likeness (QED) is 0.174. The molecule has 4 heterocycles. The third kappa shape index (κ3) is 5.39. The van der Waals surface area contributed by atoms with Crippen LogP contribution in [0.15, 0.2) is 26.1 Å². The van der Waals surface area contributed by atoms with E-state index in [2.05, 4.69) is 30.5 Å². The minimum Gasteiger partial charge on any atom is -0.477 e. The second kappa shape index (κ2) is 10.4. The van der Waals surface area contributed by atoms with E-state index in [1.807, 2.05) is 0 Å². The highest BCUT2D eigenvalue weighted by molar-refractivity contribution is 8.01. The Balaban J connectivity index is 1.49. The number of carboxylic acids is 1. The van der Waals surface area contributed by atoms with Gasteiger partial charge in [0.15, 0.2) is 15.2 Å². The van der Waals surface area contributed by atoms with Crippen molar-refractivity contribution in [2.24, 2.45) is 5.16 Å². The minimum absolute atomic E-state index is 0.0663. The maximum Gasteiger partial charge on any atom is 0.407 e. The van der Waals surface area contributed by atoms with Crippen LogP contribution < -0.4 is 11.1 Å². The normalized spacial score (nSPS) is 20.1. The van der Waals surface area contributed by atoms with E-state index in [0.717, 1.165) is 21.2 Å². The van der Waals surface area contributed by atoms with Gasteiger partial charge in [-0.2, -0.15) is 8.78 Å². The number of nitrogens with two attached hydrogens (primary N) is 1. The number of nitrogens with zero attached hydrogens (tertiary/aromatic N) is 5. The lowest BCUT2D eigenvalue weighted by Gasteiger charge is -2.49. The van der Waals surface area contributed by atoms with Crippen molar-refractivity contribution in [2.75, 3.05) is 17.2 Å². The van der Waals surface area contributed by atoms with Crippen LogP contribution in [-0.2, 0) is 19.2 Å². The van der Waals surface area contributed by atoms with Gasteiger partial charge in [0, 0.05) is 16.9 Å². The first kappa shape index (κ1) is 25.3. The van der Waals surface area contributed by atoms with Gasteiger partial charge in [0.25, 0.3) is 11.8 Å². The summed E-state index contributed by atoms with van der Waals surface area (Å²) in [5.74, 6) is -2.34.